The van der Waals surface area contributed by atoms with E-state index in [0.29, 0.717) is 18.7 Å². The molecule has 1 N–H and O–H groups in total. The minimum absolute atomic E-state index is 0.148. The van der Waals surface area contributed by atoms with Crippen LogP contribution in [-0.2, 0) is 10.0 Å². The highest BCUT2D eigenvalue weighted by molar-refractivity contribution is 7.89. The van der Waals surface area contributed by atoms with Crippen molar-refractivity contribution < 1.29 is 13.2 Å². The van der Waals surface area contributed by atoms with E-state index in [9.17, 15) is 13.2 Å². The maximum absolute atomic E-state index is 12.6. The molecule has 0 aromatic heterocycles. The number of hydrogen-bond acceptors (Lipinski definition) is 3. The highest BCUT2D eigenvalue weighted by atomic mass is 32.2. The van der Waals surface area contributed by atoms with Crippen LogP contribution in [0.3, 0.4) is 0 Å². The van der Waals surface area contributed by atoms with Crippen molar-refractivity contribution in [1.82, 2.24) is 9.62 Å². The van der Waals surface area contributed by atoms with Crippen molar-refractivity contribution in [2.75, 3.05) is 13.1 Å². The molecule has 1 amide bonds. The Hall–Kier alpha value is -2.18. The zero-order chi connectivity index (χ0) is 20.2. The van der Waals surface area contributed by atoms with E-state index < -0.39 is 10.0 Å². The van der Waals surface area contributed by atoms with E-state index in [1.165, 1.54) is 4.31 Å². The lowest BCUT2D eigenvalue weighted by atomic mass is 10.0. The SMILES string of the molecule is CCN(CC)S(=O)(=O)c1ccc(C(C)NC(=O)c2ccc(C)c(C)c2)cc1. The maximum Gasteiger partial charge on any atom is 0.251 e. The van der Waals surface area contributed by atoms with Crippen molar-refractivity contribution in [3.05, 3.63) is 64.7 Å². The summed E-state index contributed by atoms with van der Waals surface area (Å²) in [4.78, 5) is 12.7. The monoisotopic (exact) mass is 388 g/mol. The van der Waals surface area contributed by atoms with Crippen molar-refractivity contribution in [1.29, 1.82) is 0 Å². The molecule has 27 heavy (non-hydrogen) atoms. The summed E-state index contributed by atoms with van der Waals surface area (Å²) in [7, 11) is -3.47. The molecular formula is C21H28N2O3S. The predicted octanol–water partition coefficient (Wildman–Crippen LogP) is 3.82. The van der Waals surface area contributed by atoms with Gasteiger partial charge in [-0.15, -0.1) is 0 Å². The highest BCUT2D eigenvalue weighted by Gasteiger charge is 2.21. The van der Waals surface area contributed by atoms with Gasteiger partial charge in [-0.1, -0.05) is 32.0 Å². The molecule has 1 atom stereocenters. The molecular weight excluding hydrogens is 360 g/mol. The average molecular weight is 389 g/mol. The number of benzene rings is 2. The quantitative estimate of drug-likeness (QED) is 0.784. The van der Waals surface area contributed by atoms with Gasteiger partial charge in [-0.25, -0.2) is 8.42 Å². The van der Waals surface area contributed by atoms with Crippen LogP contribution < -0.4 is 5.32 Å². The number of amides is 1. The van der Waals surface area contributed by atoms with Crippen molar-refractivity contribution >= 4 is 15.9 Å². The van der Waals surface area contributed by atoms with Gasteiger partial charge in [0.1, 0.15) is 0 Å². The minimum Gasteiger partial charge on any atom is -0.346 e. The summed E-state index contributed by atoms with van der Waals surface area (Å²) >= 11 is 0. The molecule has 0 saturated carbocycles. The number of hydrogen-bond donors (Lipinski definition) is 1. The molecule has 146 valence electrons. The molecule has 0 spiro atoms. The Kier molecular flexibility index (Phi) is 6.78. The Morgan fingerprint density at radius 3 is 2.11 bits per heavy atom. The third-order valence-electron chi connectivity index (χ3n) is 4.84. The normalized spacial score (nSPS) is 12.8. The number of sulfonamides is 1. The van der Waals surface area contributed by atoms with Crippen molar-refractivity contribution in [2.45, 2.75) is 45.6 Å². The summed E-state index contributed by atoms with van der Waals surface area (Å²) in [5, 5.41) is 2.96. The lowest BCUT2D eigenvalue weighted by molar-refractivity contribution is 0.0939. The first-order valence-electron chi connectivity index (χ1n) is 9.18. The first-order chi connectivity index (χ1) is 12.7. The molecule has 5 nitrogen and oxygen atoms in total. The summed E-state index contributed by atoms with van der Waals surface area (Å²) in [6.07, 6.45) is 0. The van der Waals surface area contributed by atoms with E-state index in [4.69, 9.17) is 0 Å². The first kappa shape index (κ1) is 21.1. The van der Waals surface area contributed by atoms with Crippen LogP contribution in [0, 0.1) is 13.8 Å². The van der Waals surface area contributed by atoms with Gasteiger partial charge in [0.05, 0.1) is 10.9 Å². The molecule has 0 aliphatic rings. The highest BCUT2D eigenvalue weighted by Crippen LogP contribution is 2.20. The van der Waals surface area contributed by atoms with Crippen LogP contribution in [0.15, 0.2) is 47.4 Å². The summed E-state index contributed by atoms with van der Waals surface area (Å²) in [5.41, 5.74) is 3.68. The van der Waals surface area contributed by atoms with E-state index in [1.807, 2.05) is 52.8 Å². The molecule has 6 heteroatoms. The summed E-state index contributed by atoms with van der Waals surface area (Å²) in [6.45, 7) is 10.4. The van der Waals surface area contributed by atoms with Crippen LogP contribution in [0.2, 0.25) is 0 Å². The second-order valence-electron chi connectivity index (χ2n) is 6.65. The van der Waals surface area contributed by atoms with Crippen LogP contribution in [-0.4, -0.2) is 31.7 Å². The third-order valence-corrected chi connectivity index (χ3v) is 6.90. The molecule has 0 fully saturated rings. The van der Waals surface area contributed by atoms with Crippen LogP contribution in [0.25, 0.3) is 0 Å². The number of carbonyl (C=O) groups is 1. The number of nitrogens with one attached hydrogen (secondary N) is 1. The molecule has 0 saturated heterocycles. The Labute approximate surface area is 162 Å². The molecule has 2 aromatic carbocycles. The van der Waals surface area contributed by atoms with Gasteiger partial charge < -0.3 is 5.32 Å². The molecule has 2 rings (SSSR count). The molecule has 1 unspecified atom stereocenters. The number of nitrogens with zero attached hydrogens (tertiary/aromatic N) is 1. The largest absolute Gasteiger partial charge is 0.346 e. The van der Waals surface area contributed by atoms with Gasteiger partial charge >= 0.3 is 0 Å². The van der Waals surface area contributed by atoms with Crippen LogP contribution in [0.4, 0.5) is 0 Å². The maximum atomic E-state index is 12.6. The Bertz CT molecular complexity index is 902. The van der Waals surface area contributed by atoms with Crippen molar-refractivity contribution in [3.63, 3.8) is 0 Å². The van der Waals surface area contributed by atoms with Crippen molar-refractivity contribution in [3.8, 4) is 0 Å². The van der Waals surface area contributed by atoms with Crippen LogP contribution in [0.5, 0.6) is 0 Å². The minimum atomic E-state index is -3.47. The number of carbonyl (C=O) groups excluding carboxylic acids is 1. The van der Waals surface area contributed by atoms with Crippen LogP contribution in [0.1, 0.15) is 53.9 Å². The van der Waals surface area contributed by atoms with E-state index in [1.54, 1.807) is 24.3 Å². The van der Waals surface area contributed by atoms with E-state index in [2.05, 4.69) is 5.32 Å². The molecule has 0 heterocycles. The summed E-state index contributed by atoms with van der Waals surface area (Å²) in [5.74, 6) is -0.148. The summed E-state index contributed by atoms with van der Waals surface area (Å²) < 4.78 is 26.5. The Balaban J connectivity index is 2.14. The van der Waals surface area contributed by atoms with Gasteiger partial charge in [0.25, 0.3) is 5.91 Å². The molecule has 2 aromatic rings. The fraction of sp³-hybridized carbons (Fsp3) is 0.381. The zero-order valence-electron chi connectivity index (χ0n) is 16.6. The molecule has 0 aliphatic carbocycles. The van der Waals surface area contributed by atoms with Gasteiger partial charge in [-0.2, -0.15) is 4.31 Å². The number of aryl methyl sites for hydroxylation is 2. The first-order valence-corrected chi connectivity index (χ1v) is 10.6. The topological polar surface area (TPSA) is 66.5 Å². The van der Waals surface area contributed by atoms with Gasteiger partial charge in [-0.3, -0.25) is 4.79 Å². The standard InChI is InChI=1S/C21H28N2O3S/c1-6-23(7-2)27(25,26)20-12-10-18(11-13-20)17(5)22-21(24)19-9-8-15(3)16(4)14-19/h8-14,17H,6-7H2,1-5H3,(H,22,24). The summed E-state index contributed by atoms with van der Waals surface area (Å²) in [6, 6.07) is 12.1. The zero-order valence-corrected chi connectivity index (χ0v) is 17.4. The van der Waals surface area contributed by atoms with E-state index in [-0.39, 0.29) is 16.8 Å². The second kappa shape index (κ2) is 8.67. The van der Waals surface area contributed by atoms with Crippen molar-refractivity contribution in [2.24, 2.45) is 0 Å². The van der Waals surface area contributed by atoms with Gasteiger partial charge in [0, 0.05) is 18.7 Å². The Morgan fingerprint density at radius 1 is 1.00 bits per heavy atom. The number of rotatable bonds is 7. The predicted molar refractivity (Wildman–Crippen MR) is 108 cm³/mol. The fourth-order valence-electron chi connectivity index (χ4n) is 2.89. The van der Waals surface area contributed by atoms with Gasteiger partial charge in [-0.05, 0) is 61.7 Å². The Morgan fingerprint density at radius 2 is 1.59 bits per heavy atom. The van der Waals surface area contributed by atoms with Gasteiger partial charge in [0.2, 0.25) is 10.0 Å². The van der Waals surface area contributed by atoms with E-state index in [0.717, 1.165) is 16.7 Å². The van der Waals surface area contributed by atoms with Gasteiger partial charge in [0.15, 0.2) is 0 Å². The molecule has 0 bridgehead atoms. The second-order valence-corrected chi connectivity index (χ2v) is 8.59. The fourth-order valence-corrected chi connectivity index (χ4v) is 4.35. The van der Waals surface area contributed by atoms with Crippen LogP contribution >= 0.6 is 0 Å². The van der Waals surface area contributed by atoms with E-state index >= 15 is 0 Å². The molecule has 0 radical (unpaired) electrons. The smallest absolute Gasteiger partial charge is 0.251 e. The lowest BCUT2D eigenvalue weighted by Gasteiger charge is -2.19. The molecule has 0 aliphatic heterocycles. The lowest BCUT2D eigenvalue weighted by Crippen LogP contribution is -2.30. The third kappa shape index (κ3) is 4.76. The average Bonchev–Trinajstić information content (AvgIpc) is 2.64.